The molecule has 2 aliphatic heterocycles. The number of hydrogen-bond donors (Lipinski definition) is 1. The van der Waals surface area contributed by atoms with E-state index in [0.29, 0.717) is 6.42 Å². The van der Waals surface area contributed by atoms with Gasteiger partial charge < -0.3 is 10.0 Å². The number of fused-ring (bicyclic) bond motifs is 1. The Balaban J connectivity index is 2.48. The monoisotopic (exact) mass is 307 g/mol. The molecular weight excluding hydrogens is 290 g/mol. The number of aliphatic hydroxyl groups is 1. The summed E-state index contributed by atoms with van der Waals surface area (Å²) in [6.07, 6.45) is -0.702. The summed E-state index contributed by atoms with van der Waals surface area (Å²) in [4.78, 5) is 25.8. The van der Waals surface area contributed by atoms with Gasteiger partial charge in [0.1, 0.15) is 10.8 Å². The number of rotatable bonds is 4. The fourth-order valence-electron chi connectivity index (χ4n) is 3.24. The molecule has 7 heteroatoms. The van der Waals surface area contributed by atoms with Crippen LogP contribution in [0.3, 0.4) is 0 Å². The van der Waals surface area contributed by atoms with Gasteiger partial charge >= 0.3 is 0 Å². The van der Waals surface area contributed by atoms with Gasteiger partial charge in [-0.05, 0) is 12.3 Å². The van der Waals surface area contributed by atoms with Crippen LogP contribution in [0.25, 0.3) is 0 Å². The Labute approximate surface area is 119 Å². The van der Waals surface area contributed by atoms with Crippen LogP contribution in [-0.4, -0.2) is 55.1 Å². The van der Waals surface area contributed by atoms with Crippen molar-refractivity contribution < 1.29 is 18.9 Å². The molecule has 0 saturated carbocycles. The number of aliphatic hydroxyl groups excluding tert-OH is 1. The Bertz CT molecular complexity index is 455. The predicted octanol–water partition coefficient (Wildman–Crippen LogP) is 0.117. The van der Waals surface area contributed by atoms with Crippen molar-refractivity contribution in [3.05, 3.63) is 0 Å². The summed E-state index contributed by atoms with van der Waals surface area (Å²) in [6.45, 7) is 3.50. The van der Waals surface area contributed by atoms with Crippen molar-refractivity contribution in [1.82, 2.24) is 4.90 Å². The topological polar surface area (TPSA) is 74.7 Å². The summed E-state index contributed by atoms with van der Waals surface area (Å²) >= 11 is 5.69. The average molecular weight is 308 g/mol. The zero-order chi connectivity index (χ0) is 14.5. The summed E-state index contributed by atoms with van der Waals surface area (Å²) in [6, 6.07) is -0.496. The molecular formula is C12H18ClNO4S. The van der Waals surface area contributed by atoms with Crippen LogP contribution in [0.15, 0.2) is 0 Å². The molecule has 1 N–H and O–H groups in total. The molecule has 0 bridgehead atoms. The molecule has 2 saturated heterocycles. The third kappa shape index (κ3) is 1.66. The molecule has 5 atom stereocenters. The van der Waals surface area contributed by atoms with Crippen molar-refractivity contribution in [3.63, 3.8) is 0 Å². The van der Waals surface area contributed by atoms with E-state index < -0.39 is 44.6 Å². The molecule has 2 aliphatic rings. The van der Waals surface area contributed by atoms with Crippen molar-refractivity contribution in [2.24, 2.45) is 11.8 Å². The summed E-state index contributed by atoms with van der Waals surface area (Å²) in [7, 11) is -0.407. The highest BCUT2D eigenvalue weighted by Gasteiger charge is 2.76. The lowest BCUT2D eigenvalue weighted by atomic mass is 9.72. The Morgan fingerprint density at radius 2 is 2.05 bits per heavy atom. The normalized spacial score (nSPS) is 39.5. The number of hydrogen-bond acceptors (Lipinski definition) is 4. The molecule has 1 amide bonds. The van der Waals surface area contributed by atoms with E-state index >= 15 is 0 Å². The SMILES string of the molecule is CC(C)[C@H](O)[C@]12C(=O)N(C)[C@H]1C(CCCl)C(=O)S2=O. The van der Waals surface area contributed by atoms with Crippen molar-refractivity contribution in [1.29, 1.82) is 0 Å². The van der Waals surface area contributed by atoms with E-state index in [1.165, 1.54) is 4.90 Å². The molecule has 0 aromatic carbocycles. The number of β-lactam (4-membered cyclic amide) rings is 1. The van der Waals surface area contributed by atoms with Crippen molar-refractivity contribution in [3.8, 4) is 0 Å². The smallest absolute Gasteiger partial charge is 0.246 e. The quantitative estimate of drug-likeness (QED) is 0.591. The van der Waals surface area contributed by atoms with Gasteiger partial charge in [0.15, 0.2) is 4.75 Å². The minimum atomic E-state index is -1.99. The van der Waals surface area contributed by atoms with Crippen LogP contribution in [0.1, 0.15) is 20.3 Å². The standard InChI is InChI=1S/C12H18ClNO4S/c1-6(2)9(15)12-8(14(3)11(12)17)7(4-5-13)10(16)19(12)18/h6-9,15H,4-5H2,1-3H3/t7?,8-,9-,12-,19?/m0/s1. The zero-order valence-corrected chi connectivity index (χ0v) is 12.7. The molecule has 2 fully saturated rings. The van der Waals surface area contributed by atoms with Crippen molar-refractivity contribution in [2.45, 2.75) is 37.2 Å². The Morgan fingerprint density at radius 3 is 2.53 bits per heavy atom. The molecule has 2 heterocycles. The number of alkyl halides is 1. The van der Waals surface area contributed by atoms with Crippen molar-refractivity contribution >= 4 is 33.4 Å². The first-order chi connectivity index (χ1) is 8.81. The van der Waals surface area contributed by atoms with Crippen molar-refractivity contribution in [2.75, 3.05) is 12.9 Å². The van der Waals surface area contributed by atoms with Crippen LogP contribution in [-0.2, 0) is 20.4 Å². The Kier molecular flexibility index (Phi) is 3.79. The molecule has 108 valence electrons. The first kappa shape index (κ1) is 14.9. The van der Waals surface area contributed by atoms with Crippen LogP contribution in [0.5, 0.6) is 0 Å². The van der Waals surface area contributed by atoms with Gasteiger partial charge in [-0.2, -0.15) is 0 Å². The fraction of sp³-hybridized carbons (Fsp3) is 0.833. The lowest BCUT2D eigenvalue weighted by Crippen LogP contribution is -2.77. The number of carbonyl (C=O) groups excluding carboxylic acids is 2. The van der Waals surface area contributed by atoms with E-state index in [2.05, 4.69) is 0 Å². The second-order valence-corrected chi connectivity index (χ2v) is 7.51. The number of likely N-dealkylation sites (tertiary alicyclic amines) is 1. The lowest BCUT2D eigenvalue weighted by Gasteiger charge is -2.53. The number of carbonyl (C=O) groups is 2. The number of halogens is 1. The first-order valence-electron chi connectivity index (χ1n) is 6.28. The highest BCUT2D eigenvalue weighted by molar-refractivity contribution is 8.03. The largest absolute Gasteiger partial charge is 0.391 e. The maximum atomic E-state index is 12.4. The van der Waals surface area contributed by atoms with Crippen LogP contribution in [0.4, 0.5) is 0 Å². The van der Waals surface area contributed by atoms with Gasteiger partial charge in [0.25, 0.3) is 0 Å². The average Bonchev–Trinajstić information content (AvgIpc) is 2.57. The van der Waals surface area contributed by atoms with Crippen LogP contribution in [0.2, 0.25) is 0 Å². The maximum absolute atomic E-state index is 12.4. The highest BCUT2D eigenvalue weighted by atomic mass is 35.5. The molecule has 19 heavy (non-hydrogen) atoms. The second kappa shape index (κ2) is 4.82. The second-order valence-electron chi connectivity index (χ2n) is 5.51. The molecule has 5 nitrogen and oxygen atoms in total. The summed E-state index contributed by atoms with van der Waals surface area (Å²) in [5, 5.41) is 9.89. The zero-order valence-electron chi connectivity index (χ0n) is 11.1. The third-order valence-electron chi connectivity index (χ3n) is 4.18. The summed E-state index contributed by atoms with van der Waals surface area (Å²) in [5.74, 6) is -0.913. The molecule has 2 rings (SSSR count). The molecule has 0 aliphatic carbocycles. The summed E-state index contributed by atoms with van der Waals surface area (Å²) in [5.41, 5.74) is 0. The predicted molar refractivity (Wildman–Crippen MR) is 72.1 cm³/mol. The minimum absolute atomic E-state index is 0.244. The van der Waals surface area contributed by atoms with Gasteiger partial charge in [-0.15, -0.1) is 11.6 Å². The van der Waals surface area contributed by atoms with E-state index in [9.17, 15) is 18.9 Å². The Morgan fingerprint density at radius 1 is 1.47 bits per heavy atom. The van der Waals surface area contributed by atoms with E-state index in [4.69, 9.17) is 11.6 Å². The van der Waals surface area contributed by atoms with Crippen LogP contribution < -0.4 is 0 Å². The van der Waals surface area contributed by atoms with Gasteiger partial charge in [0, 0.05) is 12.9 Å². The first-order valence-corrected chi connectivity index (χ1v) is 7.97. The van der Waals surface area contributed by atoms with E-state index in [0.717, 1.165) is 0 Å². The van der Waals surface area contributed by atoms with E-state index in [-0.39, 0.29) is 11.8 Å². The molecule has 0 aromatic rings. The molecule has 0 radical (unpaired) electrons. The lowest BCUT2D eigenvalue weighted by molar-refractivity contribution is -0.160. The fourth-order valence-corrected chi connectivity index (χ4v) is 5.67. The van der Waals surface area contributed by atoms with E-state index in [1.807, 2.05) is 0 Å². The van der Waals surface area contributed by atoms with Gasteiger partial charge in [-0.1, -0.05) is 13.8 Å². The Hall–Kier alpha value is -0.460. The number of nitrogens with zero attached hydrogens (tertiary/aromatic N) is 1. The van der Waals surface area contributed by atoms with E-state index in [1.54, 1.807) is 20.9 Å². The summed E-state index contributed by atoms with van der Waals surface area (Å²) < 4.78 is 10.9. The molecule has 0 spiro atoms. The van der Waals surface area contributed by atoms with Gasteiger partial charge in [-0.3, -0.25) is 13.8 Å². The number of amides is 1. The third-order valence-corrected chi connectivity index (χ3v) is 6.33. The highest BCUT2D eigenvalue weighted by Crippen LogP contribution is 2.51. The molecule has 2 unspecified atom stereocenters. The maximum Gasteiger partial charge on any atom is 0.246 e. The van der Waals surface area contributed by atoms with Crippen LogP contribution >= 0.6 is 11.6 Å². The van der Waals surface area contributed by atoms with Gasteiger partial charge in [-0.25, -0.2) is 0 Å². The molecule has 0 aromatic heterocycles. The van der Waals surface area contributed by atoms with Crippen LogP contribution in [0, 0.1) is 11.8 Å². The minimum Gasteiger partial charge on any atom is -0.391 e. The van der Waals surface area contributed by atoms with Gasteiger partial charge in [0.05, 0.1) is 18.1 Å². The van der Waals surface area contributed by atoms with Gasteiger partial charge in [0.2, 0.25) is 11.0 Å².